The first-order valence-electron chi connectivity index (χ1n) is 9.49. The third kappa shape index (κ3) is 3.37. The van der Waals surface area contributed by atoms with Crippen molar-refractivity contribution in [2.75, 3.05) is 13.1 Å². The van der Waals surface area contributed by atoms with Crippen LogP contribution in [0.1, 0.15) is 42.0 Å². The first kappa shape index (κ1) is 20.8. The van der Waals surface area contributed by atoms with Crippen molar-refractivity contribution in [2.24, 2.45) is 0 Å². The lowest BCUT2D eigenvalue weighted by Gasteiger charge is -2.16. The van der Waals surface area contributed by atoms with Gasteiger partial charge in [0.05, 0.1) is 17.6 Å². The maximum absolute atomic E-state index is 13.4. The maximum Gasteiger partial charge on any atom is 0.433 e. The van der Waals surface area contributed by atoms with Crippen molar-refractivity contribution in [1.29, 1.82) is 0 Å². The topological polar surface area (TPSA) is 85.4 Å². The number of hydrogen-bond donors (Lipinski definition) is 0. The van der Waals surface area contributed by atoms with Crippen LogP contribution in [0.4, 0.5) is 13.2 Å². The number of rotatable bonds is 4. The lowest BCUT2D eigenvalue weighted by Crippen LogP contribution is -2.29. The van der Waals surface area contributed by atoms with Gasteiger partial charge in [-0.15, -0.1) is 0 Å². The van der Waals surface area contributed by atoms with Crippen LogP contribution in [-0.4, -0.2) is 50.2 Å². The van der Waals surface area contributed by atoms with Crippen molar-refractivity contribution < 1.29 is 21.6 Å². The summed E-state index contributed by atoms with van der Waals surface area (Å²) in [6.45, 7) is 6.02. The molecule has 0 saturated carbocycles. The van der Waals surface area contributed by atoms with E-state index in [1.807, 2.05) is 6.92 Å². The van der Waals surface area contributed by atoms with Gasteiger partial charge >= 0.3 is 6.18 Å². The summed E-state index contributed by atoms with van der Waals surface area (Å²) in [5, 5.41) is 8.22. The average molecular weight is 442 g/mol. The zero-order chi connectivity index (χ0) is 21.8. The van der Waals surface area contributed by atoms with Crippen molar-refractivity contribution in [3.8, 4) is 0 Å². The van der Waals surface area contributed by atoms with E-state index in [9.17, 15) is 21.6 Å². The second-order valence-corrected chi connectivity index (χ2v) is 9.28. The van der Waals surface area contributed by atoms with Gasteiger partial charge in [-0.25, -0.2) is 17.9 Å². The van der Waals surface area contributed by atoms with Crippen molar-refractivity contribution in [1.82, 2.24) is 28.7 Å². The Morgan fingerprint density at radius 2 is 1.97 bits per heavy atom. The van der Waals surface area contributed by atoms with Crippen LogP contribution < -0.4 is 0 Å². The number of aromatic nitrogens is 5. The minimum Gasteiger partial charge on any atom is -0.269 e. The highest BCUT2D eigenvalue weighted by Gasteiger charge is 2.38. The van der Waals surface area contributed by atoms with Crippen LogP contribution in [0.5, 0.6) is 0 Å². The molecule has 3 aromatic rings. The van der Waals surface area contributed by atoms with Crippen molar-refractivity contribution in [3.05, 3.63) is 41.1 Å². The molecule has 1 atom stereocenters. The van der Waals surface area contributed by atoms with Gasteiger partial charge in [-0.3, -0.25) is 4.68 Å². The fourth-order valence-electron chi connectivity index (χ4n) is 3.85. The summed E-state index contributed by atoms with van der Waals surface area (Å²) in [5.41, 5.74) is 0.390. The summed E-state index contributed by atoms with van der Waals surface area (Å²) < 4.78 is 70.0. The molecule has 3 aromatic heterocycles. The summed E-state index contributed by atoms with van der Waals surface area (Å²) in [5.74, 6) is -0.315. The molecule has 4 heterocycles. The van der Waals surface area contributed by atoms with E-state index in [-0.39, 0.29) is 35.2 Å². The molecule has 0 bridgehead atoms. The number of nitrogens with zero attached hydrogens (tertiary/aromatic N) is 6. The molecular weight excluding hydrogens is 421 g/mol. The molecular formula is C18H21F3N6O2S. The minimum atomic E-state index is -4.57. The zero-order valence-corrected chi connectivity index (χ0v) is 17.5. The molecule has 162 valence electrons. The second kappa shape index (κ2) is 7.05. The molecule has 0 aromatic carbocycles. The first-order chi connectivity index (χ1) is 14.0. The monoisotopic (exact) mass is 442 g/mol. The molecule has 1 aliphatic rings. The molecule has 0 aliphatic carbocycles. The normalized spacial score (nSPS) is 18.5. The van der Waals surface area contributed by atoms with Gasteiger partial charge in [0.25, 0.3) is 0 Å². The SMILES string of the molecule is CCn1ncc(S(=O)(=O)N2CC[C@H](c3cc4nc(C)cc(C(F)(F)F)n4n3)C2)c1C. The Hall–Kier alpha value is -2.47. The number of sulfonamides is 1. The van der Waals surface area contributed by atoms with Gasteiger partial charge in [0.1, 0.15) is 10.6 Å². The van der Waals surface area contributed by atoms with E-state index >= 15 is 0 Å². The molecule has 30 heavy (non-hydrogen) atoms. The highest BCUT2D eigenvalue weighted by atomic mass is 32.2. The Labute approximate surface area is 171 Å². The van der Waals surface area contributed by atoms with Gasteiger partial charge in [0.15, 0.2) is 5.65 Å². The Bertz CT molecular complexity index is 1210. The van der Waals surface area contributed by atoms with Crippen LogP contribution in [0.15, 0.2) is 23.2 Å². The summed E-state index contributed by atoms with van der Waals surface area (Å²) in [7, 11) is -3.75. The Morgan fingerprint density at radius 1 is 1.23 bits per heavy atom. The number of halogens is 3. The zero-order valence-electron chi connectivity index (χ0n) is 16.7. The number of alkyl halides is 3. The molecule has 0 radical (unpaired) electrons. The third-order valence-corrected chi connectivity index (χ3v) is 7.38. The largest absolute Gasteiger partial charge is 0.433 e. The van der Waals surface area contributed by atoms with Gasteiger partial charge in [0, 0.05) is 37.3 Å². The molecule has 1 aliphatic heterocycles. The first-order valence-corrected chi connectivity index (χ1v) is 10.9. The highest BCUT2D eigenvalue weighted by molar-refractivity contribution is 7.89. The summed E-state index contributed by atoms with van der Waals surface area (Å²) >= 11 is 0. The van der Waals surface area contributed by atoms with Crippen LogP contribution >= 0.6 is 0 Å². The molecule has 1 fully saturated rings. The lowest BCUT2D eigenvalue weighted by atomic mass is 10.1. The van der Waals surface area contributed by atoms with Crippen molar-refractivity contribution in [2.45, 2.75) is 50.7 Å². The number of aryl methyl sites for hydroxylation is 2. The van der Waals surface area contributed by atoms with Gasteiger partial charge in [-0.2, -0.15) is 27.7 Å². The standard InChI is InChI=1S/C18H21F3N6O2S/c1-4-26-12(3)15(9-22-26)30(28,29)25-6-5-13(10-25)14-8-17-23-11(2)7-16(18(19,20)21)27(17)24-14/h7-9,13H,4-6,10H2,1-3H3/t13-/m0/s1. The van der Waals surface area contributed by atoms with E-state index in [0.717, 1.165) is 10.6 Å². The van der Waals surface area contributed by atoms with Crippen molar-refractivity contribution in [3.63, 3.8) is 0 Å². The summed E-state index contributed by atoms with van der Waals surface area (Å²) in [6, 6.07) is 2.45. The molecule has 1 saturated heterocycles. The maximum atomic E-state index is 13.4. The minimum absolute atomic E-state index is 0.0960. The van der Waals surface area contributed by atoms with E-state index in [4.69, 9.17) is 0 Å². The van der Waals surface area contributed by atoms with Crippen LogP contribution in [0.2, 0.25) is 0 Å². The Morgan fingerprint density at radius 3 is 2.60 bits per heavy atom. The molecule has 8 nitrogen and oxygen atoms in total. The smallest absolute Gasteiger partial charge is 0.269 e. The molecule has 0 spiro atoms. The molecule has 0 unspecified atom stereocenters. The molecule has 4 rings (SSSR count). The average Bonchev–Trinajstić information content (AvgIpc) is 3.37. The van der Waals surface area contributed by atoms with Gasteiger partial charge in [-0.05, 0) is 33.3 Å². The van der Waals surface area contributed by atoms with E-state index in [2.05, 4.69) is 15.2 Å². The fraction of sp³-hybridized carbons (Fsp3) is 0.500. The van der Waals surface area contributed by atoms with Gasteiger partial charge in [0.2, 0.25) is 10.0 Å². The molecule has 12 heteroatoms. The van der Waals surface area contributed by atoms with E-state index in [0.29, 0.717) is 24.4 Å². The van der Waals surface area contributed by atoms with Crippen molar-refractivity contribution >= 4 is 15.7 Å². The Kier molecular flexibility index (Phi) is 4.88. The van der Waals surface area contributed by atoms with Gasteiger partial charge in [-0.1, -0.05) is 0 Å². The van der Waals surface area contributed by atoms with Gasteiger partial charge < -0.3 is 0 Å². The molecule has 0 amide bonds. The van der Waals surface area contributed by atoms with Crippen LogP contribution in [0.25, 0.3) is 5.65 Å². The summed E-state index contributed by atoms with van der Waals surface area (Å²) in [6.07, 6.45) is -2.77. The number of hydrogen-bond acceptors (Lipinski definition) is 5. The third-order valence-electron chi connectivity index (χ3n) is 5.41. The van der Waals surface area contributed by atoms with E-state index in [1.54, 1.807) is 11.6 Å². The van der Waals surface area contributed by atoms with Crippen LogP contribution in [0.3, 0.4) is 0 Å². The fourth-order valence-corrected chi connectivity index (χ4v) is 5.51. The predicted molar refractivity (Wildman–Crippen MR) is 101 cm³/mol. The molecule has 0 N–H and O–H groups in total. The van der Waals surface area contributed by atoms with Crippen LogP contribution in [-0.2, 0) is 22.7 Å². The van der Waals surface area contributed by atoms with E-state index < -0.39 is 21.9 Å². The Balaban J connectivity index is 1.65. The summed E-state index contributed by atoms with van der Waals surface area (Å²) in [4.78, 5) is 4.29. The van der Waals surface area contributed by atoms with Crippen LogP contribution in [0, 0.1) is 13.8 Å². The number of fused-ring (bicyclic) bond motifs is 1. The second-order valence-electron chi connectivity index (χ2n) is 7.38. The quantitative estimate of drug-likeness (QED) is 0.620. The lowest BCUT2D eigenvalue weighted by molar-refractivity contribution is -0.142. The predicted octanol–water partition coefficient (Wildman–Crippen LogP) is 2.76. The van der Waals surface area contributed by atoms with E-state index in [1.165, 1.54) is 23.5 Å². The highest BCUT2D eigenvalue weighted by Crippen LogP contribution is 2.34.